The molecule has 5 nitrogen and oxygen atoms in total. The van der Waals surface area contributed by atoms with E-state index in [0.29, 0.717) is 18.1 Å². The standard InChI is InChI=1S/C13H18O4S.C2H4O/c1-5-16-12(14)13(2,3)18-17-11-8-6-7-10(9-11)15-4;1-2-3-1/h6-9H,5H2,1-4H3;1-2H2. The van der Waals surface area contributed by atoms with E-state index in [-0.39, 0.29) is 5.97 Å². The molecule has 118 valence electrons. The first kappa shape index (κ1) is 17.7. The van der Waals surface area contributed by atoms with Crippen molar-refractivity contribution in [3.63, 3.8) is 0 Å². The number of hydrogen-bond acceptors (Lipinski definition) is 6. The Bertz CT molecular complexity index is 443. The molecule has 0 bridgehead atoms. The van der Waals surface area contributed by atoms with Crippen LogP contribution in [0.4, 0.5) is 0 Å². The highest BCUT2D eigenvalue weighted by atomic mass is 32.2. The van der Waals surface area contributed by atoms with Crippen molar-refractivity contribution >= 4 is 18.0 Å². The molecule has 0 saturated carbocycles. The Morgan fingerprint density at radius 2 is 1.95 bits per heavy atom. The Balaban J connectivity index is 0.000000647. The number of methoxy groups -OCH3 is 1. The summed E-state index contributed by atoms with van der Waals surface area (Å²) in [5, 5.41) is 0. The molecule has 1 saturated heterocycles. The summed E-state index contributed by atoms with van der Waals surface area (Å²) < 4.78 is 19.3. The van der Waals surface area contributed by atoms with Gasteiger partial charge in [-0.05, 0) is 32.9 Å². The number of hydrogen-bond donors (Lipinski definition) is 0. The number of carbonyl (C=O) groups is 1. The molecule has 0 aromatic heterocycles. The molecule has 1 heterocycles. The van der Waals surface area contributed by atoms with Gasteiger partial charge in [0.25, 0.3) is 0 Å². The van der Waals surface area contributed by atoms with Gasteiger partial charge in [0.15, 0.2) is 0 Å². The van der Waals surface area contributed by atoms with Gasteiger partial charge in [-0.1, -0.05) is 6.07 Å². The Morgan fingerprint density at radius 3 is 2.48 bits per heavy atom. The third-order valence-corrected chi connectivity index (χ3v) is 3.22. The zero-order valence-corrected chi connectivity index (χ0v) is 13.7. The smallest absolute Gasteiger partial charge is 0.325 e. The van der Waals surface area contributed by atoms with Crippen molar-refractivity contribution in [1.82, 2.24) is 0 Å². The summed E-state index contributed by atoms with van der Waals surface area (Å²) in [6.45, 7) is 7.66. The number of rotatable bonds is 6. The molecule has 1 aromatic rings. The normalized spacial score (nSPS) is 12.8. The second-order valence-corrected chi connectivity index (χ2v) is 6.04. The molecule has 0 N–H and O–H groups in total. The first-order valence-electron chi connectivity index (χ1n) is 6.74. The molecule has 1 aromatic carbocycles. The van der Waals surface area contributed by atoms with E-state index < -0.39 is 4.75 Å². The highest BCUT2D eigenvalue weighted by Gasteiger charge is 2.32. The topological polar surface area (TPSA) is 57.3 Å². The summed E-state index contributed by atoms with van der Waals surface area (Å²) in [6, 6.07) is 7.21. The second-order valence-electron chi connectivity index (χ2n) is 4.69. The van der Waals surface area contributed by atoms with Crippen LogP contribution in [0.5, 0.6) is 11.5 Å². The van der Waals surface area contributed by atoms with Crippen molar-refractivity contribution in [3.8, 4) is 11.5 Å². The Morgan fingerprint density at radius 1 is 1.33 bits per heavy atom. The Labute approximate surface area is 130 Å². The first-order valence-corrected chi connectivity index (χ1v) is 7.48. The Kier molecular flexibility index (Phi) is 7.39. The molecule has 0 aliphatic carbocycles. The van der Waals surface area contributed by atoms with E-state index in [9.17, 15) is 4.79 Å². The maximum atomic E-state index is 11.7. The molecule has 0 spiro atoms. The van der Waals surface area contributed by atoms with Crippen LogP contribution < -0.4 is 8.92 Å². The van der Waals surface area contributed by atoms with Crippen LogP contribution in [0.3, 0.4) is 0 Å². The molecule has 1 aliphatic rings. The highest BCUT2D eigenvalue weighted by molar-refractivity contribution is 7.97. The predicted molar refractivity (Wildman–Crippen MR) is 82.7 cm³/mol. The molecule has 2 rings (SSSR count). The number of esters is 1. The van der Waals surface area contributed by atoms with E-state index in [2.05, 4.69) is 4.74 Å². The highest BCUT2D eigenvalue weighted by Crippen LogP contribution is 2.30. The Hall–Kier alpha value is -1.40. The van der Waals surface area contributed by atoms with Gasteiger partial charge in [0, 0.05) is 6.07 Å². The second kappa shape index (κ2) is 8.79. The van der Waals surface area contributed by atoms with Crippen molar-refractivity contribution in [3.05, 3.63) is 24.3 Å². The predicted octanol–water partition coefficient (Wildman–Crippen LogP) is 3.08. The van der Waals surface area contributed by atoms with Crippen molar-refractivity contribution in [2.75, 3.05) is 26.9 Å². The van der Waals surface area contributed by atoms with Gasteiger partial charge in [0.1, 0.15) is 16.2 Å². The van der Waals surface area contributed by atoms with Crippen LogP contribution in [-0.2, 0) is 14.3 Å². The molecular weight excluding hydrogens is 292 g/mol. The first-order chi connectivity index (χ1) is 9.99. The van der Waals surface area contributed by atoms with Gasteiger partial charge in [0.2, 0.25) is 0 Å². The van der Waals surface area contributed by atoms with E-state index >= 15 is 0 Å². The van der Waals surface area contributed by atoms with Crippen LogP contribution in [0, 0.1) is 0 Å². The van der Waals surface area contributed by atoms with Crippen LogP contribution in [0.15, 0.2) is 24.3 Å². The van der Waals surface area contributed by atoms with Crippen molar-refractivity contribution in [2.45, 2.75) is 25.5 Å². The maximum Gasteiger partial charge on any atom is 0.325 e. The average Bonchev–Trinajstić information content (AvgIpc) is 3.34. The SMILES string of the molecule is C1CO1.CCOC(=O)C(C)(C)SOc1cccc(OC)c1. The summed E-state index contributed by atoms with van der Waals surface area (Å²) in [6.07, 6.45) is 0. The van der Waals surface area contributed by atoms with Gasteiger partial charge >= 0.3 is 5.97 Å². The number of benzene rings is 1. The molecule has 0 atom stereocenters. The largest absolute Gasteiger partial charge is 0.497 e. The van der Waals surface area contributed by atoms with E-state index in [1.54, 1.807) is 40.0 Å². The molecule has 0 radical (unpaired) electrons. The molecule has 6 heteroatoms. The molecule has 0 amide bonds. The average molecular weight is 314 g/mol. The third-order valence-electron chi connectivity index (χ3n) is 2.36. The van der Waals surface area contributed by atoms with Gasteiger partial charge in [-0.3, -0.25) is 4.79 Å². The minimum absolute atomic E-state index is 0.294. The van der Waals surface area contributed by atoms with Crippen molar-refractivity contribution < 1.29 is 23.2 Å². The summed E-state index contributed by atoms with van der Waals surface area (Å²) in [4.78, 5) is 11.7. The fraction of sp³-hybridized carbons (Fsp3) is 0.533. The lowest BCUT2D eigenvalue weighted by atomic mass is 10.2. The van der Waals surface area contributed by atoms with Crippen molar-refractivity contribution in [2.24, 2.45) is 0 Å². The van der Waals surface area contributed by atoms with Gasteiger partial charge in [-0.2, -0.15) is 0 Å². The summed E-state index contributed by atoms with van der Waals surface area (Å²) in [5.41, 5.74) is 0. The maximum absolute atomic E-state index is 11.7. The fourth-order valence-electron chi connectivity index (χ4n) is 1.14. The van der Waals surface area contributed by atoms with Crippen LogP contribution >= 0.6 is 12.0 Å². The van der Waals surface area contributed by atoms with E-state index in [4.69, 9.17) is 13.7 Å². The van der Waals surface area contributed by atoms with Gasteiger partial charge in [-0.15, -0.1) is 0 Å². The van der Waals surface area contributed by atoms with Gasteiger partial charge < -0.3 is 18.4 Å². The third kappa shape index (κ3) is 7.24. The van der Waals surface area contributed by atoms with Crippen molar-refractivity contribution in [1.29, 1.82) is 0 Å². The zero-order chi connectivity index (χ0) is 15.7. The lowest BCUT2D eigenvalue weighted by molar-refractivity contribution is -0.145. The van der Waals surface area contributed by atoms with Crippen LogP contribution in [0.1, 0.15) is 20.8 Å². The zero-order valence-electron chi connectivity index (χ0n) is 12.9. The summed E-state index contributed by atoms with van der Waals surface area (Å²) in [5.74, 6) is 1.05. The molecule has 1 aliphatic heterocycles. The fourth-order valence-corrected chi connectivity index (χ4v) is 1.68. The van der Waals surface area contributed by atoms with Crippen LogP contribution in [0.2, 0.25) is 0 Å². The molecule has 21 heavy (non-hydrogen) atoms. The number of carbonyl (C=O) groups excluding carboxylic acids is 1. The quantitative estimate of drug-likeness (QED) is 0.457. The lowest BCUT2D eigenvalue weighted by Gasteiger charge is -2.20. The minimum Gasteiger partial charge on any atom is -0.497 e. The number of ether oxygens (including phenoxy) is 3. The van der Waals surface area contributed by atoms with Crippen LogP contribution in [0.25, 0.3) is 0 Å². The van der Waals surface area contributed by atoms with E-state index in [1.165, 1.54) is 0 Å². The lowest BCUT2D eigenvalue weighted by Crippen LogP contribution is -2.30. The van der Waals surface area contributed by atoms with E-state index in [0.717, 1.165) is 25.3 Å². The number of epoxide rings is 1. The summed E-state index contributed by atoms with van der Waals surface area (Å²) in [7, 11) is 1.59. The molecular formula is C15H22O5S. The van der Waals surface area contributed by atoms with E-state index in [1.807, 2.05) is 12.1 Å². The molecule has 1 fully saturated rings. The monoisotopic (exact) mass is 314 g/mol. The van der Waals surface area contributed by atoms with Crippen LogP contribution in [-0.4, -0.2) is 37.6 Å². The van der Waals surface area contributed by atoms with Gasteiger partial charge in [0.05, 0.1) is 39.0 Å². The van der Waals surface area contributed by atoms with Gasteiger partial charge in [-0.25, -0.2) is 0 Å². The molecule has 0 unspecified atom stereocenters. The minimum atomic E-state index is -0.751. The summed E-state index contributed by atoms with van der Waals surface area (Å²) >= 11 is 1.07.